The van der Waals surface area contributed by atoms with Gasteiger partial charge < -0.3 is 5.32 Å². The molecule has 1 aliphatic heterocycles. The highest BCUT2D eigenvalue weighted by molar-refractivity contribution is 5.82. The van der Waals surface area contributed by atoms with Crippen molar-refractivity contribution in [2.45, 2.75) is 65.3 Å². The lowest BCUT2D eigenvalue weighted by Gasteiger charge is -2.40. The number of carbonyl (C=O) groups excluding carboxylic acids is 1. The fourth-order valence-electron chi connectivity index (χ4n) is 3.46. The van der Waals surface area contributed by atoms with Gasteiger partial charge in [0.2, 0.25) is 0 Å². The van der Waals surface area contributed by atoms with Crippen LogP contribution < -0.4 is 5.32 Å². The molecule has 1 saturated carbocycles. The number of piperidine rings is 1. The Kier molecular flexibility index (Phi) is 3.92. The van der Waals surface area contributed by atoms with E-state index in [4.69, 9.17) is 0 Å². The molecule has 1 heterocycles. The molecule has 0 bridgehead atoms. The highest BCUT2D eigenvalue weighted by Crippen LogP contribution is 2.40. The third-order valence-electron chi connectivity index (χ3n) is 4.75. The second kappa shape index (κ2) is 5.09. The molecule has 1 N–H and O–H groups in total. The maximum absolute atomic E-state index is 12.1. The summed E-state index contributed by atoms with van der Waals surface area (Å²) in [6.45, 7) is 8.06. The first-order valence-corrected chi connectivity index (χ1v) is 7.24. The van der Waals surface area contributed by atoms with Crippen LogP contribution in [0.15, 0.2) is 0 Å². The predicted octanol–water partition coefficient (Wildman–Crippen LogP) is 3.16. The Bertz CT molecular complexity index is 273. The third kappa shape index (κ3) is 3.09. The van der Waals surface area contributed by atoms with E-state index in [-0.39, 0.29) is 0 Å². The van der Waals surface area contributed by atoms with Gasteiger partial charge in [0.05, 0.1) is 0 Å². The molecule has 17 heavy (non-hydrogen) atoms. The predicted molar refractivity (Wildman–Crippen MR) is 70.9 cm³/mol. The molecule has 2 aliphatic rings. The lowest BCUT2D eigenvalue weighted by molar-refractivity contribution is -0.128. The molecule has 3 unspecified atom stereocenters. The summed E-state index contributed by atoms with van der Waals surface area (Å²) in [6, 6.07) is 0.474. The van der Waals surface area contributed by atoms with Crippen LogP contribution in [0.2, 0.25) is 0 Å². The Morgan fingerprint density at radius 3 is 2.53 bits per heavy atom. The van der Waals surface area contributed by atoms with Crippen LogP contribution in [0.4, 0.5) is 0 Å². The molecule has 0 amide bonds. The summed E-state index contributed by atoms with van der Waals surface area (Å²) in [5, 5.41) is 3.57. The van der Waals surface area contributed by atoms with Gasteiger partial charge >= 0.3 is 0 Å². The van der Waals surface area contributed by atoms with Crippen LogP contribution in [0.5, 0.6) is 0 Å². The lowest BCUT2D eigenvalue weighted by atomic mass is 9.66. The fraction of sp³-hybridized carbons (Fsp3) is 0.933. The maximum Gasteiger partial charge on any atom is 0.137 e. The van der Waals surface area contributed by atoms with E-state index in [1.165, 1.54) is 19.3 Å². The van der Waals surface area contributed by atoms with Crippen LogP contribution in [0.1, 0.15) is 59.3 Å². The number of Topliss-reactive ketones (excluding diaryl/α,β-unsaturated/α-hetero) is 1. The van der Waals surface area contributed by atoms with Gasteiger partial charge in [-0.2, -0.15) is 0 Å². The average molecular weight is 237 g/mol. The molecule has 2 heteroatoms. The van der Waals surface area contributed by atoms with E-state index in [9.17, 15) is 4.79 Å². The van der Waals surface area contributed by atoms with E-state index in [1.807, 2.05) is 0 Å². The number of hydrogen-bond acceptors (Lipinski definition) is 2. The van der Waals surface area contributed by atoms with Crippen molar-refractivity contribution in [2.75, 3.05) is 6.54 Å². The van der Waals surface area contributed by atoms with Gasteiger partial charge in [0.25, 0.3) is 0 Å². The average Bonchev–Trinajstić information content (AvgIpc) is 2.29. The molecule has 3 atom stereocenters. The molecule has 2 rings (SSSR count). The molecule has 0 aromatic rings. The van der Waals surface area contributed by atoms with Gasteiger partial charge in [0.15, 0.2) is 0 Å². The first kappa shape index (κ1) is 13.1. The van der Waals surface area contributed by atoms with Crippen molar-refractivity contribution in [1.82, 2.24) is 5.32 Å². The van der Waals surface area contributed by atoms with Crippen molar-refractivity contribution in [1.29, 1.82) is 0 Å². The minimum Gasteiger partial charge on any atom is -0.313 e. The zero-order valence-electron chi connectivity index (χ0n) is 11.6. The van der Waals surface area contributed by atoms with Gasteiger partial charge in [-0.15, -0.1) is 0 Å². The highest BCUT2D eigenvalue weighted by atomic mass is 16.1. The van der Waals surface area contributed by atoms with Gasteiger partial charge in [-0.25, -0.2) is 0 Å². The van der Waals surface area contributed by atoms with Gasteiger partial charge in [-0.3, -0.25) is 4.79 Å². The quantitative estimate of drug-likeness (QED) is 0.759. The topological polar surface area (TPSA) is 29.1 Å². The van der Waals surface area contributed by atoms with Crippen LogP contribution in [0, 0.1) is 17.3 Å². The molecule has 1 aliphatic carbocycles. The largest absolute Gasteiger partial charge is 0.313 e. The maximum atomic E-state index is 12.1. The second-order valence-corrected chi connectivity index (χ2v) is 6.97. The number of hydrogen-bond donors (Lipinski definition) is 1. The van der Waals surface area contributed by atoms with Crippen molar-refractivity contribution < 1.29 is 4.79 Å². The molecule has 0 aromatic carbocycles. The van der Waals surface area contributed by atoms with Gasteiger partial charge in [-0.05, 0) is 43.6 Å². The molecule has 98 valence electrons. The summed E-state index contributed by atoms with van der Waals surface area (Å²) in [4.78, 5) is 12.1. The summed E-state index contributed by atoms with van der Waals surface area (Å²) in [5.41, 5.74) is 0.355. The Hall–Kier alpha value is -0.370. The lowest BCUT2D eigenvalue weighted by Crippen LogP contribution is -2.46. The molecule has 0 spiro atoms. The minimum atomic E-state index is 0.299. The number of ketones is 1. The van der Waals surface area contributed by atoms with E-state index in [0.717, 1.165) is 25.8 Å². The molecule has 0 radical (unpaired) electrons. The molecule has 0 aromatic heterocycles. The van der Waals surface area contributed by atoms with E-state index in [1.54, 1.807) is 0 Å². The Balaban J connectivity index is 2.01. The summed E-state index contributed by atoms with van der Waals surface area (Å²) in [6.07, 6.45) is 6.80. The van der Waals surface area contributed by atoms with E-state index < -0.39 is 0 Å². The van der Waals surface area contributed by atoms with Gasteiger partial charge in [-0.1, -0.05) is 27.2 Å². The number of rotatable bonds is 1. The monoisotopic (exact) mass is 237 g/mol. The van der Waals surface area contributed by atoms with Gasteiger partial charge in [0, 0.05) is 18.4 Å². The van der Waals surface area contributed by atoms with Crippen molar-refractivity contribution in [3.63, 3.8) is 0 Å². The van der Waals surface area contributed by atoms with Crippen LogP contribution in [-0.2, 0) is 4.79 Å². The van der Waals surface area contributed by atoms with Crippen LogP contribution in [-0.4, -0.2) is 18.4 Å². The van der Waals surface area contributed by atoms with Gasteiger partial charge in [0.1, 0.15) is 5.78 Å². The number of carbonyl (C=O) groups is 1. The second-order valence-electron chi connectivity index (χ2n) is 6.97. The molecular formula is C15H27NO. The third-order valence-corrected chi connectivity index (χ3v) is 4.75. The molecule has 1 saturated heterocycles. The van der Waals surface area contributed by atoms with Crippen LogP contribution >= 0.6 is 0 Å². The highest BCUT2D eigenvalue weighted by Gasteiger charge is 2.38. The van der Waals surface area contributed by atoms with E-state index >= 15 is 0 Å². The number of nitrogens with one attached hydrogen (secondary N) is 1. The van der Waals surface area contributed by atoms with Crippen molar-refractivity contribution in [3.8, 4) is 0 Å². The molecule has 2 fully saturated rings. The van der Waals surface area contributed by atoms with E-state index in [0.29, 0.717) is 29.1 Å². The van der Waals surface area contributed by atoms with Crippen molar-refractivity contribution >= 4 is 5.78 Å². The zero-order chi connectivity index (χ0) is 12.5. The SMILES string of the molecule is CC(C)(C)C1CCC(=O)C(C2CCCCN2)C1. The normalized spacial score (nSPS) is 35.9. The minimum absolute atomic E-state index is 0.299. The Labute approximate surface area is 106 Å². The Morgan fingerprint density at radius 1 is 1.18 bits per heavy atom. The summed E-state index contributed by atoms with van der Waals surface area (Å²) >= 11 is 0. The standard InChI is InChI=1S/C15H27NO/c1-15(2,3)11-7-8-14(17)12(10-11)13-6-4-5-9-16-13/h11-13,16H,4-10H2,1-3H3. The zero-order valence-corrected chi connectivity index (χ0v) is 11.6. The first-order valence-electron chi connectivity index (χ1n) is 7.24. The van der Waals surface area contributed by atoms with Crippen molar-refractivity contribution in [2.24, 2.45) is 17.3 Å². The summed E-state index contributed by atoms with van der Waals surface area (Å²) in [7, 11) is 0. The summed E-state index contributed by atoms with van der Waals surface area (Å²) < 4.78 is 0. The van der Waals surface area contributed by atoms with Crippen molar-refractivity contribution in [3.05, 3.63) is 0 Å². The Morgan fingerprint density at radius 2 is 1.94 bits per heavy atom. The first-order chi connectivity index (χ1) is 7.98. The van der Waals surface area contributed by atoms with Crippen LogP contribution in [0.3, 0.4) is 0 Å². The molecular weight excluding hydrogens is 210 g/mol. The van der Waals surface area contributed by atoms with Crippen LogP contribution in [0.25, 0.3) is 0 Å². The van der Waals surface area contributed by atoms with E-state index in [2.05, 4.69) is 26.1 Å². The summed E-state index contributed by atoms with van der Waals surface area (Å²) in [5.74, 6) is 1.53. The fourth-order valence-corrected chi connectivity index (χ4v) is 3.46. The smallest absolute Gasteiger partial charge is 0.137 e. The molecule has 2 nitrogen and oxygen atoms in total.